The summed E-state index contributed by atoms with van der Waals surface area (Å²) < 4.78 is 1.71. The van der Waals surface area contributed by atoms with Gasteiger partial charge in [0.2, 0.25) is 0 Å². The number of aromatic nitrogens is 1. The predicted molar refractivity (Wildman–Crippen MR) is 86.7 cm³/mol. The van der Waals surface area contributed by atoms with E-state index in [1.165, 1.54) is 11.8 Å². The van der Waals surface area contributed by atoms with Crippen molar-refractivity contribution in [1.82, 2.24) is 9.99 Å². The van der Waals surface area contributed by atoms with Crippen molar-refractivity contribution in [1.29, 1.82) is 0 Å². The lowest BCUT2D eigenvalue weighted by atomic mass is 10.4. The maximum absolute atomic E-state index is 11.8. The van der Waals surface area contributed by atoms with Gasteiger partial charge in [-0.05, 0) is 36.4 Å². The maximum atomic E-state index is 11.8. The first-order valence-electron chi connectivity index (χ1n) is 6.18. The molecular formula is C14H15ClN4OS. The molecule has 0 saturated carbocycles. The van der Waals surface area contributed by atoms with Gasteiger partial charge >= 0.3 is 0 Å². The normalized spacial score (nSPS) is 11.4. The standard InChI is InChI=1S/C14H15ClN4OS/c1-19-8-2-3-12(19)14(20)18-17-13(16)9-21-11-6-4-10(15)5-7-11/h2-8H,9H2,1H3,(H2,16,17)(H,18,20). The lowest BCUT2D eigenvalue weighted by Crippen LogP contribution is -2.25. The van der Waals surface area contributed by atoms with Crippen molar-refractivity contribution in [3.63, 3.8) is 0 Å². The number of nitrogens with zero attached hydrogens (tertiary/aromatic N) is 2. The smallest absolute Gasteiger partial charge is 0.288 e. The molecule has 0 atom stereocenters. The number of thioether (sulfide) groups is 1. The Hall–Kier alpha value is -1.92. The number of halogens is 1. The van der Waals surface area contributed by atoms with Crippen LogP contribution in [0.15, 0.2) is 52.6 Å². The van der Waals surface area contributed by atoms with E-state index in [-0.39, 0.29) is 5.91 Å². The average Bonchev–Trinajstić information content (AvgIpc) is 2.90. The zero-order chi connectivity index (χ0) is 15.2. The van der Waals surface area contributed by atoms with Crippen LogP contribution < -0.4 is 11.2 Å². The molecule has 5 nitrogen and oxygen atoms in total. The number of carbonyl (C=O) groups is 1. The zero-order valence-corrected chi connectivity index (χ0v) is 13.0. The topological polar surface area (TPSA) is 72.4 Å². The number of hydrogen-bond acceptors (Lipinski definition) is 3. The first kappa shape index (κ1) is 15.5. The Morgan fingerprint density at radius 3 is 2.71 bits per heavy atom. The number of carbonyl (C=O) groups excluding carboxylic acids is 1. The molecule has 1 aromatic carbocycles. The quantitative estimate of drug-likeness (QED) is 0.384. The van der Waals surface area contributed by atoms with Gasteiger partial charge in [-0.25, -0.2) is 5.43 Å². The van der Waals surface area contributed by atoms with Crippen molar-refractivity contribution in [3.8, 4) is 0 Å². The van der Waals surface area contributed by atoms with Gasteiger partial charge in [0.1, 0.15) is 11.5 Å². The highest BCUT2D eigenvalue weighted by Crippen LogP contribution is 2.19. The van der Waals surface area contributed by atoms with Crippen LogP contribution in [0.5, 0.6) is 0 Å². The third-order valence-corrected chi connectivity index (χ3v) is 3.98. The summed E-state index contributed by atoms with van der Waals surface area (Å²) in [4.78, 5) is 12.9. The molecule has 0 fully saturated rings. The molecule has 1 amide bonds. The van der Waals surface area contributed by atoms with Crippen molar-refractivity contribution in [2.75, 3.05) is 5.75 Å². The molecule has 1 aromatic heterocycles. The van der Waals surface area contributed by atoms with Crippen LogP contribution in [0.4, 0.5) is 0 Å². The van der Waals surface area contributed by atoms with Crippen LogP contribution in [0, 0.1) is 0 Å². The van der Waals surface area contributed by atoms with Crippen LogP contribution in [0.2, 0.25) is 5.02 Å². The third-order valence-electron chi connectivity index (χ3n) is 2.68. The molecule has 0 saturated heterocycles. The Kier molecular flexibility index (Phi) is 5.30. The summed E-state index contributed by atoms with van der Waals surface area (Å²) >= 11 is 7.33. The minimum atomic E-state index is -0.290. The Balaban J connectivity index is 1.85. The van der Waals surface area contributed by atoms with Gasteiger partial charge in [0.15, 0.2) is 0 Å². The summed E-state index contributed by atoms with van der Waals surface area (Å²) in [5.74, 6) is 0.536. The molecule has 2 rings (SSSR count). The van der Waals surface area contributed by atoms with E-state index in [1.54, 1.807) is 29.9 Å². The van der Waals surface area contributed by atoms with E-state index in [9.17, 15) is 4.79 Å². The van der Waals surface area contributed by atoms with Crippen LogP contribution >= 0.6 is 23.4 Å². The highest BCUT2D eigenvalue weighted by atomic mass is 35.5. The molecule has 0 aliphatic carbocycles. The molecule has 0 spiro atoms. The van der Waals surface area contributed by atoms with Gasteiger partial charge in [-0.1, -0.05) is 11.6 Å². The van der Waals surface area contributed by atoms with E-state index in [2.05, 4.69) is 10.5 Å². The molecule has 2 aromatic rings. The van der Waals surface area contributed by atoms with E-state index < -0.39 is 0 Å². The molecule has 0 unspecified atom stereocenters. The Labute approximate surface area is 132 Å². The van der Waals surface area contributed by atoms with Crippen molar-refractivity contribution >= 4 is 35.1 Å². The summed E-state index contributed by atoms with van der Waals surface area (Å²) in [7, 11) is 1.79. The number of nitrogens with two attached hydrogens (primary N) is 1. The van der Waals surface area contributed by atoms with Crippen LogP contribution in [0.3, 0.4) is 0 Å². The molecule has 3 N–H and O–H groups in total. The van der Waals surface area contributed by atoms with E-state index >= 15 is 0 Å². The summed E-state index contributed by atoms with van der Waals surface area (Å²) in [6, 6.07) is 10.9. The fourth-order valence-corrected chi connectivity index (χ4v) is 2.43. The van der Waals surface area contributed by atoms with Crippen molar-refractivity contribution in [3.05, 3.63) is 53.3 Å². The zero-order valence-electron chi connectivity index (χ0n) is 11.4. The number of nitrogens with one attached hydrogen (secondary N) is 1. The first-order valence-corrected chi connectivity index (χ1v) is 7.54. The van der Waals surface area contributed by atoms with Crippen molar-refractivity contribution < 1.29 is 4.79 Å². The van der Waals surface area contributed by atoms with E-state index in [0.717, 1.165) is 4.90 Å². The molecule has 0 aliphatic heterocycles. The van der Waals surface area contributed by atoms with E-state index in [1.807, 2.05) is 24.3 Å². The summed E-state index contributed by atoms with van der Waals surface area (Å²) in [6.07, 6.45) is 1.79. The molecule has 110 valence electrons. The molecule has 0 aliphatic rings. The SMILES string of the molecule is Cn1cccc1C(=O)NN=C(N)CSc1ccc(Cl)cc1. The lowest BCUT2D eigenvalue weighted by molar-refractivity contribution is 0.0946. The van der Waals surface area contributed by atoms with Crippen LogP contribution in [0.25, 0.3) is 0 Å². The van der Waals surface area contributed by atoms with Crippen molar-refractivity contribution in [2.24, 2.45) is 17.9 Å². The number of rotatable bonds is 5. The maximum Gasteiger partial charge on any atom is 0.288 e. The molecule has 0 bridgehead atoms. The molecule has 21 heavy (non-hydrogen) atoms. The Bertz CT molecular complexity index is 651. The highest BCUT2D eigenvalue weighted by molar-refractivity contribution is 8.00. The molecule has 1 heterocycles. The van der Waals surface area contributed by atoms with Crippen LogP contribution in [-0.4, -0.2) is 22.1 Å². The van der Waals surface area contributed by atoms with Gasteiger partial charge in [-0.2, -0.15) is 5.10 Å². The lowest BCUT2D eigenvalue weighted by Gasteiger charge is -2.04. The van der Waals surface area contributed by atoms with Crippen LogP contribution in [-0.2, 0) is 7.05 Å². The monoisotopic (exact) mass is 322 g/mol. The van der Waals surface area contributed by atoms with Gasteiger partial charge in [-0.3, -0.25) is 4.79 Å². The van der Waals surface area contributed by atoms with Gasteiger partial charge < -0.3 is 10.3 Å². The molecule has 0 radical (unpaired) electrons. The summed E-state index contributed by atoms with van der Waals surface area (Å²) in [5, 5.41) is 4.58. The Morgan fingerprint density at radius 1 is 1.38 bits per heavy atom. The second-order valence-electron chi connectivity index (χ2n) is 4.29. The third kappa shape index (κ3) is 4.54. The minimum absolute atomic E-state index is 0.290. The van der Waals surface area contributed by atoms with Gasteiger partial charge in [0.05, 0.1) is 5.75 Å². The van der Waals surface area contributed by atoms with Gasteiger partial charge in [-0.15, -0.1) is 11.8 Å². The van der Waals surface area contributed by atoms with Gasteiger partial charge in [0.25, 0.3) is 5.91 Å². The summed E-state index contributed by atoms with van der Waals surface area (Å²) in [6.45, 7) is 0. The number of amides is 1. The number of hydrogen-bond donors (Lipinski definition) is 2. The first-order chi connectivity index (χ1) is 10.1. The van der Waals surface area contributed by atoms with Crippen LogP contribution in [0.1, 0.15) is 10.5 Å². The molecule has 7 heteroatoms. The number of benzene rings is 1. The average molecular weight is 323 g/mol. The number of aryl methyl sites for hydroxylation is 1. The number of amidine groups is 1. The minimum Gasteiger partial charge on any atom is -0.385 e. The summed E-state index contributed by atoms with van der Waals surface area (Å²) in [5.41, 5.74) is 8.74. The number of hydrazone groups is 1. The second-order valence-corrected chi connectivity index (χ2v) is 5.78. The van der Waals surface area contributed by atoms with Crippen molar-refractivity contribution in [2.45, 2.75) is 4.90 Å². The van der Waals surface area contributed by atoms with Gasteiger partial charge in [0, 0.05) is 23.2 Å². The fraction of sp³-hybridized carbons (Fsp3) is 0.143. The Morgan fingerprint density at radius 2 is 2.10 bits per heavy atom. The fourth-order valence-electron chi connectivity index (χ4n) is 1.60. The largest absolute Gasteiger partial charge is 0.385 e. The predicted octanol–water partition coefficient (Wildman–Crippen LogP) is 2.47. The second kappa shape index (κ2) is 7.19. The molecular weight excluding hydrogens is 308 g/mol. The van der Waals surface area contributed by atoms with E-state index in [0.29, 0.717) is 22.3 Å². The van der Waals surface area contributed by atoms with E-state index in [4.69, 9.17) is 17.3 Å². The highest BCUT2D eigenvalue weighted by Gasteiger charge is 2.07.